The van der Waals surface area contributed by atoms with Gasteiger partial charge in [-0.1, -0.05) is 36.4 Å². The molecule has 0 radical (unpaired) electrons. The fourth-order valence-corrected chi connectivity index (χ4v) is 2.30. The first-order valence-corrected chi connectivity index (χ1v) is 7.72. The van der Waals surface area contributed by atoms with E-state index in [1.807, 2.05) is 32.0 Å². The molecule has 0 spiro atoms. The van der Waals surface area contributed by atoms with Crippen molar-refractivity contribution in [1.82, 2.24) is 5.32 Å². The molecule has 3 heteroatoms. The van der Waals surface area contributed by atoms with E-state index in [1.54, 1.807) is 7.11 Å². The van der Waals surface area contributed by atoms with Gasteiger partial charge >= 0.3 is 0 Å². The van der Waals surface area contributed by atoms with Gasteiger partial charge in [-0.3, -0.25) is 0 Å². The normalized spacial score (nSPS) is 12.2. The van der Waals surface area contributed by atoms with Gasteiger partial charge in [-0.15, -0.1) is 0 Å². The van der Waals surface area contributed by atoms with Crippen molar-refractivity contribution in [2.75, 3.05) is 7.11 Å². The van der Waals surface area contributed by atoms with Crippen LogP contribution in [0.5, 0.6) is 11.5 Å². The Hall–Kier alpha value is -2.00. The highest BCUT2D eigenvalue weighted by Crippen LogP contribution is 2.29. The highest BCUT2D eigenvalue weighted by molar-refractivity contribution is 5.43. The summed E-state index contributed by atoms with van der Waals surface area (Å²) in [6.07, 6.45) is 0.135. The van der Waals surface area contributed by atoms with Gasteiger partial charge in [-0.2, -0.15) is 0 Å². The zero-order chi connectivity index (χ0) is 15.9. The summed E-state index contributed by atoms with van der Waals surface area (Å²) in [5.74, 6) is 1.57. The van der Waals surface area contributed by atoms with Gasteiger partial charge in [0, 0.05) is 12.6 Å². The van der Waals surface area contributed by atoms with Gasteiger partial charge < -0.3 is 14.8 Å². The van der Waals surface area contributed by atoms with E-state index >= 15 is 0 Å². The van der Waals surface area contributed by atoms with Crippen LogP contribution < -0.4 is 14.8 Å². The second-order valence-corrected chi connectivity index (χ2v) is 5.67. The van der Waals surface area contributed by atoms with Crippen molar-refractivity contribution in [2.45, 2.75) is 39.5 Å². The van der Waals surface area contributed by atoms with Crippen LogP contribution in [0.25, 0.3) is 0 Å². The predicted octanol–water partition coefficient (Wildman–Crippen LogP) is 4.33. The van der Waals surface area contributed by atoms with E-state index in [-0.39, 0.29) is 6.10 Å². The molecule has 3 nitrogen and oxygen atoms in total. The zero-order valence-electron chi connectivity index (χ0n) is 13.8. The van der Waals surface area contributed by atoms with Gasteiger partial charge in [-0.25, -0.2) is 0 Å². The molecule has 0 amide bonds. The highest BCUT2D eigenvalue weighted by atomic mass is 16.5. The van der Waals surface area contributed by atoms with Gasteiger partial charge in [0.1, 0.15) is 0 Å². The molecule has 0 aliphatic heterocycles. The third-order valence-corrected chi connectivity index (χ3v) is 3.50. The number of nitrogens with one attached hydrogen (secondary N) is 1. The molecule has 0 saturated carbocycles. The van der Waals surface area contributed by atoms with Crippen molar-refractivity contribution in [3.8, 4) is 11.5 Å². The van der Waals surface area contributed by atoms with Crippen molar-refractivity contribution in [2.24, 2.45) is 0 Å². The highest BCUT2D eigenvalue weighted by Gasteiger charge is 2.09. The molecule has 0 aliphatic rings. The number of methoxy groups -OCH3 is 1. The lowest BCUT2D eigenvalue weighted by Gasteiger charge is -2.17. The summed E-state index contributed by atoms with van der Waals surface area (Å²) >= 11 is 0. The largest absolute Gasteiger partial charge is 0.493 e. The maximum Gasteiger partial charge on any atom is 0.161 e. The lowest BCUT2D eigenvalue weighted by atomic mass is 10.1. The first-order chi connectivity index (χ1) is 10.6. The zero-order valence-corrected chi connectivity index (χ0v) is 13.8. The number of hydrogen-bond donors (Lipinski definition) is 1. The molecule has 0 saturated heterocycles. The predicted molar refractivity (Wildman–Crippen MR) is 90.5 cm³/mol. The van der Waals surface area contributed by atoms with Gasteiger partial charge in [0.25, 0.3) is 0 Å². The van der Waals surface area contributed by atoms with Crippen LogP contribution in [0.4, 0.5) is 0 Å². The Balaban J connectivity index is 2.01. The molecule has 1 atom stereocenters. The monoisotopic (exact) mass is 299 g/mol. The van der Waals surface area contributed by atoms with Crippen LogP contribution in [0, 0.1) is 0 Å². The topological polar surface area (TPSA) is 30.5 Å². The molecule has 0 heterocycles. The Morgan fingerprint density at radius 3 is 2.32 bits per heavy atom. The van der Waals surface area contributed by atoms with Gasteiger partial charge in [0.15, 0.2) is 11.5 Å². The average Bonchev–Trinajstić information content (AvgIpc) is 2.54. The van der Waals surface area contributed by atoms with E-state index in [1.165, 1.54) is 11.1 Å². The molecule has 0 fully saturated rings. The Morgan fingerprint density at radius 1 is 0.955 bits per heavy atom. The second-order valence-electron chi connectivity index (χ2n) is 5.67. The first-order valence-electron chi connectivity index (χ1n) is 7.72. The van der Waals surface area contributed by atoms with Crippen molar-refractivity contribution >= 4 is 0 Å². The molecule has 2 aromatic carbocycles. The summed E-state index contributed by atoms with van der Waals surface area (Å²) in [7, 11) is 1.67. The van der Waals surface area contributed by atoms with Crippen molar-refractivity contribution in [3.63, 3.8) is 0 Å². The van der Waals surface area contributed by atoms with E-state index in [0.29, 0.717) is 6.04 Å². The SMILES string of the molecule is COc1cc(CN[C@H](C)c2ccccc2)ccc1OC(C)C. The number of ether oxygens (including phenoxy) is 2. The Labute approximate surface area is 133 Å². The molecular formula is C19H25NO2. The maximum atomic E-state index is 5.74. The van der Waals surface area contributed by atoms with Crippen LogP contribution in [0.1, 0.15) is 37.9 Å². The minimum Gasteiger partial charge on any atom is -0.493 e. The van der Waals surface area contributed by atoms with E-state index in [0.717, 1.165) is 18.0 Å². The molecule has 0 aromatic heterocycles. The van der Waals surface area contributed by atoms with E-state index < -0.39 is 0 Å². The fourth-order valence-electron chi connectivity index (χ4n) is 2.30. The van der Waals surface area contributed by atoms with Gasteiger partial charge in [0.05, 0.1) is 13.2 Å². The third-order valence-electron chi connectivity index (χ3n) is 3.50. The average molecular weight is 299 g/mol. The third kappa shape index (κ3) is 4.50. The summed E-state index contributed by atoms with van der Waals surface area (Å²) < 4.78 is 11.2. The molecule has 118 valence electrons. The van der Waals surface area contributed by atoms with Gasteiger partial charge in [0.2, 0.25) is 0 Å². The Kier molecular flexibility index (Phi) is 5.84. The quantitative estimate of drug-likeness (QED) is 0.825. The molecule has 0 bridgehead atoms. The number of benzene rings is 2. The minimum absolute atomic E-state index is 0.135. The maximum absolute atomic E-state index is 5.74. The van der Waals surface area contributed by atoms with Crippen LogP contribution in [0.3, 0.4) is 0 Å². The summed E-state index contributed by atoms with van der Waals surface area (Å²) in [6, 6.07) is 16.8. The van der Waals surface area contributed by atoms with Crippen LogP contribution in [0.15, 0.2) is 48.5 Å². The van der Waals surface area contributed by atoms with E-state index in [9.17, 15) is 0 Å². The van der Waals surface area contributed by atoms with Crippen molar-refractivity contribution in [3.05, 3.63) is 59.7 Å². The first kappa shape index (κ1) is 16.4. The van der Waals surface area contributed by atoms with Crippen molar-refractivity contribution < 1.29 is 9.47 Å². The Morgan fingerprint density at radius 2 is 1.68 bits per heavy atom. The van der Waals surface area contributed by atoms with Crippen molar-refractivity contribution in [1.29, 1.82) is 0 Å². The summed E-state index contributed by atoms with van der Waals surface area (Å²) in [5.41, 5.74) is 2.46. The molecule has 0 aliphatic carbocycles. The molecule has 1 N–H and O–H groups in total. The van der Waals surface area contributed by atoms with Gasteiger partial charge in [-0.05, 0) is 44.0 Å². The molecule has 2 aromatic rings. The summed E-state index contributed by atoms with van der Waals surface area (Å²) in [5, 5.41) is 3.53. The van der Waals surface area contributed by atoms with Crippen LogP contribution in [-0.4, -0.2) is 13.2 Å². The lowest BCUT2D eigenvalue weighted by Crippen LogP contribution is -2.18. The molecule has 0 unspecified atom stereocenters. The van der Waals surface area contributed by atoms with Crippen LogP contribution in [-0.2, 0) is 6.54 Å². The van der Waals surface area contributed by atoms with Crippen LogP contribution >= 0.6 is 0 Å². The van der Waals surface area contributed by atoms with Crippen LogP contribution in [0.2, 0.25) is 0 Å². The summed E-state index contributed by atoms with van der Waals surface area (Å²) in [4.78, 5) is 0. The lowest BCUT2D eigenvalue weighted by molar-refractivity contribution is 0.230. The molecular weight excluding hydrogens is 274 g/mol. The number of rotatable bonds is 7. The molecule has 22 heavy (non-hydrogen) atoms. The van der Waals surface area contributed by atoms with E-state index in [4.69, 9.17) is 9.47 Å². The van der Waals surface area contributed by atoms with E-state index in [2.05, 4.69) is 42.6 Å². The second kappa shape index (κ2) is 7.85. The minimum atomic E-state index is 0.135. The number of hydrogen-bond acceptors (Lipinski definition) is 3. The summed E-state index contributed by atoms with van der Waals surface area (Å²) in [6.45, 7) is 6.98. The molecule has 2 rings (SSSR count). The Bertz CT molecular complexity index is 581. The standard InChI is InChI=1S/C19H25NO2/c1-14(2)22-18-11-10-16(12-19(18)21-4)13-20-15(3)17-8-6-5-7-9-17/h5-12,14-15,20H,13H2,1-4H3/t15-/m1/s1. The fraction of sp³-hybridized carbons (Fsp3) is 0.368. The smallest absolute Gasteiger partial charge is 0.161 e.